The fraction of sp³-hybridized carbons (Fsp3) is 0.500. The van der Waals surface area contributed by atoms with E-state index in [0.717, 1.165) is 5.56 Å². The van der Waals surface area contributed by atoms with Gasteiger partial charge in [0.25, 0.3) is 0 Å². The molecule has 8 heteroatoms. The number of alkyl halides is 3. The van der Waals surface area contributed by atoms with Crippen molar-refractivity contribution in [1.82, 2.24) is 0 Å². The van der Waals surface area contributed by atoms with Gasteiger partial charge >= 0.3 is 15.6 Å². The molecular formula is C12H17F3O3SSi. The van der Waals surface area contributed by atoms with Crippen molar-refractivity contribution in [1.29, 1.82) is 0 Å². The molecule has 0 saturated heterocycles. The zero-order valence-corrected chi connectivity index (χ0v) is 13.7. The maximum absolute atomic E-state index is 12.5. The van der Waals surface area contributed by atoms with Crippen LogP contribution < -0.4 is 9.37 Å². The second kappa shape index (κ2) is 5.07. The third-order valence-corrected chi connectivity index (χ3v) is 5.64. The molecule has 0 N–H and O–H groups in total. The molecule has 0 bridgehead atoms. The first-order valence-electron chi connectivity index (χ1n) is 5.88. The van der Waals surface area contributed by atoms with Gasteiger partial charge in [0.15, 0.2) is 0 Å². The van der Waals surface area contributed by atoms with Crippen molar-refractivity contribution in [3.63, 3.8) is 0 Å². The molecule has 1 rings (SSSR count). The van der Waals surface area contributed by atoms with Gasteiger partial charge in [-0.1, -0.05) is 37.3 Å². The predicted molar refractivity (Wildman–Crippen MR) is 74.5 cm³/mol. The smallest absolute Gasteiger partial charge is 0.376 e. The first-order chi connectivity index (χ1) is 8.75. The predicted octanol–water partition coefficient (Wildman–Crippen LogP) is 3.08. The molecule has 1 aromatic rings. The monoisotopic (exact) mass is 326 g/mol. The number of benzene rings is 1. The van der Waals surface area contributed by atoms with Crippen LogP contribution in [0.5, 0.6) is 5.75 Å². The number of rotatable bonds is 3. The van der Waals surface area contributed by atoms with Gasteiger partial charge in [0.05, 0.1) is 8.07 Å². The van der Waals surface area contributed by atoms with E-state index in [1.165, 1.54) is 6.92 Å². The van der Waals surface area contributed by atoms with Gasteiger partial charge in [0, 0.05) is 0 Å². The van der Waals surface area contributed by atoms with E-state index in [1.54, 1.807) is 19.1 Å². The van der Waals surface area contributed by atoms with Gasteiger partial charge in [-0.3, -0.25) is 0 Å². The summed E-state index contributed by atoms with van der Waals surface area (Å²) in [5.74, 6) is -0.188. The van der Waals surface area contributed by atoms with Crippen molar-refractivity contribution >= 4 is 23.4 Å². The van der Waals surface area contributed by atoms with Crippen molar-refractivity contribution in [3.8, 4) is 5.75 Å². The Morgan fingerprint density at radius 2 is 1.60 bits per heavy atom. The van der Waals surface area contributed by atoms with E-state index in [-0.39, 0.29) is 5.75 Å². The van der Waals surface area contributed by atoms with Crippen LogP contribution in [0.3, 0.4) is 0 Å². The molecule has 0 amide bonds. The minimum atomic E-state index is -5.65. The third kappa shape index (κ3) is 3.54. The molecule has 0 spiro atoms. The summed E-state index contributed by atoms with van der Waals surface area (Å²) in [7, 11) is -7.70. The highest BCUT2D eigenvalue weighted by atomic mass is 32.2. The van der Waals surface area contributed by atoms with Crippen LogP contribution in [-0.2, 0) is 10.1 Å². The summed E-state index contributed by atoms with van der Waals surface area (Å²) >= 11 is 0. The highest BCUT2D eigenvalue weighted by Gasteiger charge is 2.49. The van der Waals surface area contributed by atoms with Crippen molar-refractivity contribution in [3.05, 3.63) is 23.3 Å². The number of halogens is 3. The fourth-order valence-electron chi connectivity index (χ4n) is 1.78. The van der Waals surface area contributed by atoms with Crippen LogP contribution in [0.25, 0.3) is 0 Å². The zero-order valence-electron chi connectivity index (χ0n) is 11.9. The van der Waals surface area contributed by atoms with Gasteiger partial charge in [-0.05, 0) is 24.6 Å². The van der Waals surface area contributed by atoms with E-state index < -0.39 is 23.7 Å². The first kappa shape index (κ1) is 17.0. The molecule has 0 aliphatic carbocycles. The summed E-state index contributed by atoms with van der Waals surface area (Å²) in [5, 5.41) is 0.558. The summed E-state index contributed by atoms with van der Waals surface area (Å²) < 4.78 is 64.2. The lowest BCUT2D eigenvalue weighted by Gasteiger charge is -2.23. The molecular weight excluding hydrogens is 309 g/mol. The second-order valence-corrected chi connectivity index (χ2v) is 12.3. The number of aryl methyl sites for hydroxylation is 2. The maximum Gasteiger partial charge on any atom is 0.534 e. The van der Waals surface area contributed by atoms with Crippen molar-refractivity contribution in [2.24, 2.45) is 0 Å². The zero-order chi connectivity index (χ0) is 15.9. The van der Waals surface area contributed by atoms with Crippen LogP contribution in [0.15, 0.2) is 12.1 Å². The molecule has 0 heterocycles. The van der Waals surface area contributed by atoms with Crippen LogP contribution in [0.2, 0.25) is 19.6 Å². The average molecular weight is 326 g/mol. The van der Waals surface area contributed by atoms with Crippen molar-refractivity contribution in [2.75, 3.05) is 0 Å². The van der Waals surface area contributed by atoms with E-state index in [4.69, 9.17) is 0 Å². The second-order valence-electron chi connectivity index (χ2n) is 5.69. The van der Waals surface area contributed by atoms with Gasteiger partial charge in [0.1, 0.15) is 5.75 Å². The standard InChI is InChI=1S/C12H17F3O3SSi/c1-8-6-9(2)11(10(7-8)20(3,4)5)18-19(16,17)12(13,14)15/h6-7H,1-5H3. The van der Waals surface area contributed by atoms with Gasteiger partial charge < -0.3 is 4.18 Å². The molecule has 0 aliphatic heterocycles. The number of hydrogen-bond acceptors (Lipinski definition) is 3. The van der Waals surface area contributed by atoms with E-state index in [0.29, 0.717) is 10.8 Å². The van der Waals surface area contributed by atoms with Gasteiger partial charge in [-0.15, -0.1) is 0 Å². The highest BCUT2D eigenvalue weighted by Crippen LogP contribution is 2.29. The average Bonchev–Trinajstić information content (AvgIpc) is 2.18. The van der Waals surface area contributed by atoms with Crippen LogP contribution in [-0.4, -0.2) is 22.0 Å². The van der Waals surface area contributed by atoms with Crippen LogP contribution in [0, 0.1) is 13.8 Å². The molecule has 0 radical (unpaired) electrons. The molecule has 114 valence electrons. The lowest BCUT2D eigenvalue weighted by Crippen LogP contribution is -2.41. The lowest BCUT2D eigenvalue weighted by atomic mass is 10.1. The van der Waals surface area contributed by atoms with Gasteiger partial charge in [-0.2, -0.15) is 21.6 Å². The van der Waals surface area contributed by atoms with Gasteiger partial charge in [0.2, 0.25) is 0 Å². The van der Waals surface area contributed by atoms with E-state index >= 15 is 0 Å². The van der Waals surface area contributed by atoms with Crippen LogP contribution >= 0.6 is 0 Å². The van der Waals surface area contributed by atoms with E-state index in [2.05, 4.69) is 4.18 Å². The third-order valence-electron chi connectivity index (χ3n) is 2.70. The molecule has 0 atom stereocenters. The summed E-state index contributed by atoms with van der Waals surface area (Å²) in [6, 6.07) is 3.30. The Hall–Kier alpha value is -1.02. The minimum absolute atomic E-state index is 0.188. The number of hydrogen-bond donors (Lipinski definition) is 0. The van der Waals surface area contributed by atoms with E-state index in [1.807, 2.05) is 19.6 Å². The summed E-state index contributed by atoms with van der Waals surface area (Å²) in [6.45, 7) is 9.08. The Morgan fingerprint density at radius 1 is 1.10 bits per heavy atom. The Morgan fingerprint density at radius 3 is 2.00 bits per heavy atom. The van der Waals surface area contributed by atoms with Crippen molar-refractivity contribution in [2.45, 2.75) is 39.0 Å². The first-order valence-corrected chi connectivity index (χ1v) is 10.8. The Bertz CT molecular complexity index is 616. The minimum Gasteiger partial charge on any atom is -0.376 e. The Balaban J connectivity index is 3.47. The quantitative estimate of drug-likeness (QED) is 0.487. The summed E-state index contributed by atoms with van der Waals surface area (Å²) in [4.78, 5) is 0. The molecule has 0 saturated carbocycles. The lowest BCUT2D eigenvalue weighted by molar-refractivity contribution is -0.0499. The molecule has 20 heavy (non-hydrogen) atoms. The SMILES string of the molecule is Cc1cc(C)c(OS(=O)(=O)C(F)(F)F)c([Si](C)(C)C)c1. The summed E-state index contributed by atoms with van der Waals surface area (Å²) in [5.41, 5.74) is -4.19. The normalized spacial score (nSPS) is 13.4. The van der Waals surface area contributed by atoms with Crippen LogP contribution in [0.1, 0.15) is 11.1 Å². The highest BCUT2D eigenvalue weighted by molar-refractivity contribution is 7.88. The van der Waals surface area contributed by atoms with Crippen molar-refractivity contribution < 1.29 is 25.8 Å². The Kier molecular flexibility index (Phi) is 4.31. The Labute approximate surface area is 117 Å². The maximum atomic E-state index is 12.5. The largest absolute Gasteiger partial charge is 0.534 e. The molecule has 0 unspecified atom stereocenters. The molecule has 1 aromatic carbocycles. The van der Waals surface area contributed by atoms with Gasteiger partial charge in [-0.25, -0.2) is 0 Å². The molecule has 0 aromatic heterocycles. The summed E-state index contributed by atoms with van der Waals surface area (Å²) in [6.07, 6.45) is 0. The van der Waals surface area contributed by atoms with E-state index in [9.17, 15) is 21.6 Å². The van der Waals surface area contributed by atoms with Crippen LogP contribution in [0.4, 0.5) is 13.2 Å². The topological polar surface area (TPSA) is 43.4 Å². The molecule has 0 aliphatic rings. The molecule has 3 nitrogen and oxygen atoms in total. The fourth-order valence-corrected chi connectivity index (χ4v) is 3.98. The molecule has 0 fully saturated rings.